The summed E-state index contributed by atoms with van der Waals surface area (Å²) in [7, 11) is 1.77. The predicted octanol–water partition coefficient (Wildman–Crippen LogP) is 3.74. The lowest BCUT2D eigenvalue weighted by atomic mass is 10.2. The molecule has 1 aromatic heterocycles. The molecule has 0 amide bonds. The van der Waals surface area contributed by atoms with Gasteiger partial charge in [0.1, 0.15) is 17.1 Å². The van der Waals surface area contributed by atoms with Gasteiger partial charge in [-0.2, -0.15) is 0 Å². The monoisotopic (exact) mass is 276 g/mol. The fourth-order valence-electron chi connectivity index (χ4n) is 2.11. The zero-order chi connectivity index (χ0) is 13.6. The average Bonchev–Trinajstić information content (AvgIpc) is 2.72. The second kappa shape index (κ2) is 4.24. The highest BCUT2D eigenvalue weighted by atomic mass is 35.5. The SMILES string of the molecule is Cn1c(-c2cc(Cl)ccc2O)nc2c(F)cccc21. The number of fused-ring (bicyclic) bond motifs is 1. The second-order valence-electron chi connectivity index (χ2n) is 4.26. The summed E-state index contributed by atoms with van der Waals surface area (Å²) in [6.07, 6.45) is 0. The summed E-state index contributed by atoms with van der Waals surface area (Å²) < 4.78 is 15.4. The van der Waals surface area contributed by atoms with E-state index in [1.807, 2.05) is 0 Å². The molecule has 3 rings (SSSR count). The Hall–Kier alpha value is -2.07. The molecular formula is C14H10ClFN2O. The van der Waals surface area contributed by atoms with Crippen LogP contribution in [0.15, 0.2) is 36.4 Å². The maximum Gasteiger partial charge on any atom is 0.151 e. The van der Waals surface area contributed by atoms with Gasteiger partial charge in [-0.05, 0) is 30.3 Å². The van der Waals surface area contributed by atoms with Crippen molar-refractivity contribution in [2.75, 3.05) is 0 Å². The van der Waals surface area contributed by atoms with Crippen LogP contribution in [-0.2, 0) is 7.05 Å². The number of aromatic nitrogens is 2. The Morgan fingerprint density at radius 3 is 2.79 bits per heavy atom. The van der Waals surface area contributed by atoms with Gasteiger partial charge in [0.25, 0.3) is 0 Å². The van der Waals surface area contributed by atoms with E-state index in [4.69, 9.17) is 11.6 Å². The summed E-state index contributed by atoms with van der Waals surface area (Å²) >= 11 is 5.93. The van der Waals surface area contributed by atoms with Crippen LogP contribution in [0.25, 0.3) is 22.4 Å². The van der Waals surface area contributed by atoms with E-state index in [-0.39, 0.29) is 17.1 Å². The zero-order valence-corrected chi connectivity index (χ0v) is 10.8. The molecule has 3 aromatic rings. The lowest BCUT2D eigenvalue weighted by Crippen LogP contribution is -1.92. The standard InChI is InChI=1S/C14H10ClFN2O/c1-18-11-4-2-3-10(16)13(11)17-14(18)9-7-8(15)5-6-12(9)19/h2-7,19H,1H3. The van der Waals surface area contributed by atoms with E-state index in [2.05, 4.69) is 4.98 Å². The highest BCUT2D eigenvalue weighted by molar-refractivity contribution is 6.30. The Bertz CT molecular complexity index is 782. The third-order valence-corrected chi connectivity index (χ3v) is 3.30. The van der Waals surface area contributed by atoms with E-state index in [1.165, 1.54) is 12.1 Å². The summed E-state index contributed by atoms with van der Waals surface area (Å²) in [4.78, 5) is 4.25. The number of hydrogen-bond donors (Lipinski definition) is 1. The van der Waals surface area contributed by atoms with E-state index < -0.39 is 0 Å². The van der Waals surface area contributed by atoms with Gasteiger partial charge in [0.05, 0.1) is 11.1 Å². The number of halogens is 2. The maximum absolute atomic E-state index is 13.7. The third kappa shape index (κ3) is 1.85. The molecule has 0 spiro atoms. The third-order valence-electron chi connectivity index (χ3n) is 3.06. The molecule has 1 heterocycles. The van der Waals surface area contributed by atoms with Gasteiger partial charge in [-0.3, -0.25) is 0 Å². The lowest BCUT2D eigenvalue weighted by molar-refractivity contribution is 0.476. The Morgan fingerprint density at radius 1 is 1.26 bits per heavy atom. The van der Waals surface area contributed by atoms with Gasteiger partial charge >= 0.3 is 0 Å². The number of para-hydroxylation sites is 1. The first kappa shape index (κ1) is 12.0. The molecule has 0 unspecified atom stereocenters. The Labute approximate surface area is 113 Å². The van der Waals surface area contributed by atoms with Gasteiger partial charge in [0, 0.05) is 12.1 Å². The van der Waals surface area contributed by atoms with Crippen LogP contribution in [0.2, 0.25) is 5.02 Å². The van der Waals surface area contributed by atoms with Gasteiger partial charge in [-0.25, -0.2) is 9.37 Å². The van der Waals surface area contributed by atoms with Gasteiger partial charge in [0.2, 0.25) is 0 Å². The topological polar surface area (TPSA) is 38.0 Å². The summed E-state index contributed by atoms with van der Waals surface area (Å²) in [5.74, 6) is 0.143. The predicted molar refractivity (Wildman–Crippen MR) is 72.8 cm³/mol. The smallest absolute Gasteiger partial charge is 0.151 e. The van der Waals surface area contributed by atoms with Crippen LogP contribution in [0.4, 0.5) is 4.39 Å². The summed E-state index contributed by atoms with van der Waals surface area (Å²) in [5, 5.41) is 10.4. The van der Waals surface area contributed by atoms with Gasteiger partial charge < -0.3 is 9.67 Å². The molecule has 0 saturated carbocycles. The quantitative estimate of drug-likeness (QED) is 0.735. The van der Waals surface area contributed by atoms with Crippen LogP contribution in [0.5, 0.6) is 5.75 Å². The summed E-state index contributed by atoms with van der Waals surface area (Å²) in [6, 6.07) is 9.45. The molecule has 0 aliphatic heterocycles. The first-order valence-electron chi connectivity index (χ1n) is 5.68. The van der Waals surface area contributed by atoms with Crippen LogP contribution in [0.1, 0.15) is 0 Å². The number of benzene rings is 2. The number of aryl methyl sites for hydroxylation is 1. The molecule has 5 heteroatoms. The molecule has 19 heavy (non-hydrogen) atoms. The number of phenolic OH excluding ortho intramolecular Hbond substituents is 1. The molecule has 0 aliphatic rings. The van der Waals surface area contributed by atoms with Crippen molar-refractivity contribution in [1.82, 2.24) is 9.55 Å². The molecule has 0 radical (unpaired) electrons. The highest BCUT2D eigenvalue weighted by Gasteiger charge is 2.15. The average molecular weight is 277 g/mol. The van der Waals surface area contributed by atoms with Crippen molar-refractivity contribution in [2.24, 2.45) is 7.05 Å². The molecular weight excluding hydrogens is 267 g/mol. The van der Waals surface area contributed by atoms with Gasteiger partial charge in [-0.1, -0.05) is 17.7 Å². The van der Waals surface area contributed by atoms with Crippen LogP contribution in [0.3, 0.4) is 0 Å². The minimum atomic E-state index is -0.388. The number of hydrogen-bond acceptors (Lipinski definition) is 2. The van der Waals surface area contributed by atoms with E-state index >= 15 is 0 Å². The van der Waals surface area contributed by atoms with Crippen molar-refractivity contribution < 1.29 is 9.50 Å². The van der Waals surface area contributed by atoms with E-state index in [1.54, 1.807) is 35.9 Å². The Kier molecular flexibility index (Phi) is 2.68. The van der Waals surface area contributed by atoms with Crippen molar-refractivity contribution in [3.8, 4) is 17.1 Å². The number of imidazole rings is 1. The fraction of sp³-hybridized carbons (Fsp3) is 0.0714. The molecule has 0 bridgehead atoms. The van der Waals surface area contributed by atoms with Crippen molar-refractivity contribution in [3.05, 3.63) is 47.2 Å². The van der Waals surface area contributed by atoms with Crippen molar-refractivity contribution >= 4 is 22.6 Å². The fourth-order valence-corrected chi connectivity index (χ4v) is 2.28. The summed E-state index contributed by atoms with van der Waals surface area (Å²) in [6.45, 7) is 0. The molecule has 0 atom stereocenters. The summed E-state index contributed by atoms with van der Waals surface area (Å²) in [5.41, 5.74) is 1.42. The van der Waals surface area contributed by atoms with Crippen LogP contribution < -0.4 is 0 Å². The normalized spacial score (nSPS) is 11.1. The van der Waals surface area contributed by atoms with E-state index in [9.17, 15) is 9.50 Å². The Balaban J connectivity index is 2.34. The number of aromatic hydroxyl groups is 1. The van der Waals surface area contributed by atoms with Crippen LogP contribution >= 0.6 is 11.6 Å². The van der Waals surface area contributed by atoms with E-state index in [0.29, 0.717) is 21.9 Å². The first-order valence-corrected chi connectivity index (χ1v) is 6.05. The molecule has 0 aliphatic carbocycles. The van der Waals surface area contributed by atoms with Crippen LogP contribution in [0, 0.1) is 5.82 Å². The molecule has 96 valence electrons. The molecule has 2 aromatic carbocycles. The zero-order valence-electron chi connectivity index (χ0n) is 10.1. The van der Waals surface area contributed by atoms with E-state index in [0.717, 1.165) is 0 Å². The minimum absolute atomic E-state index is 0.0585. The lowest BCUT2D eigenvalue weighted by Gasteiger charge is -2.05. The van der Waals surface area contributed by atoms with Gasteiger partial charge in [0.15, 0.2) is 5.82 Å². The second-order valence-corrected chi connectivity index (χ2v) is 4.70. The maximum atomic E-state index is 13.7. The molecule has 1 N–H and O–H groups in total. The molecule has 0 saturated heterocycles. The molecule has 0 fully saturated rings. The highest BCUT2D eigenvalue weighted by Crippen LogP contribution is 2.33. The largest absolute Gasteiger partial charge is 0.507 e. The number of phenols is 1. The van der Waals surface area contributed by atoms with Crippen LogP contribution in [-0.4, -0.2) is 14.7 Å². The molecule has 3 nitrogen and oxygen atoms in total. The van der Waals surface area contributed by atoms with Crippen molar-refractivity contribution in [2.45, 2.75) is 0 Å². The van der Waals surface area contributed by atoms with Crippen molar-refractivity contribution in [1.29, 1.82) is 0 Å². The Morgan fingerprint density at radius 2 is 2.05 bits per heavy atom. The first-order chi connectivity index (χ1) is 9.08. The van der Waals surface area contributed by atoms with Gasteiger partial charge in [-0.15, -0.1) is 0 Å². The number of rotatable bonds is 1. The van der Waals surface area contributed by atoms with Crippen molar-refractivity contribution in [3.63, 3.8) is 0 Å². The minimum Gasteiger partial charge on any atom is -0.507 e. The number of nitrogens with zero attached hydrogens (tertiary/aromatic N) is 2.